The number of halogens is 1. The highest BCUT2D eigenvalue weighted by atomic mass is 35.5. The lowest BCUT2D eigenvalue weighted by molar-refractivity contribution is -0.129. The van der Waals surface area contributed by atoms with Crippen molar-refractivity contribution in [3.05, 3.63) is 34.9 Å². The van der Waals surface area contributed by atoms with E-state index >= 15 is 0 Å². The fraction of sp³-hybridized carbons (Fsp3) is 0.417. The van der Waals surface area contributed by atoms with Gasteiger partial charge in [-0.25, -0.2) is 0 Å². The first kappa shape index (κ1) is 14.0. The Kier molecular flexibility index (Phi) is 5.97. The zero-order chi connectivity index (χ0) is 12.7. The van der Waals surface area contributed by atoms with Gasteiger partial charge in [-0.05, 0) is 24.1 Å². The first-order valence-corrected chi connectivity index (χ1v) is 5.73. The second-order valence-electron chi connectivity index (χ2n) is 3.59. The molecule has 0 fully saturated rings. The molecular formula is C12H16ClNO3. The molecule has 17 heavy (non-hydrogen) atoms. The fourth-order valence-electron chi connectivity index (χ4n) is 1.32. The summed E-state index contributed by atoms with van der Waals surface area (Å²) in [6.07, 6.45) is -0.440. The average molecular weight is 258 g/mol. The molecule has 0 saturated carbocycles. The molecule has 0 saturated heterocycles. The summed E-state index contributed by atoms with van der Waals surface area (Å²) in [5, 5.41) is 12.9. The number of hydrogen-bond acceptors (Lipinski definition) is 3. The Hall–Kier alpha value is -1.10. The number of carbonyl (C=O) groups excluding carboxylic acids is 1. The van der Waals surface area contributed by atoms with Crippen molar-refractivity contribution in [3.8, 4) is 0 Å². The summed E-state index contributed by atoms with van der Waals surface area (Å²) in [5.74, 6) is -0.413. The lowest BCUT2D eigenvalue weighted by Crippen LogP contribution is -2.30. The maximum atomic E-state index is 11.6. The van der Waals surface area contributed by atoms with E-state index in [0.717, 1.165) is 6.42 Å². The van der Waals surface area contributed by atoms with Crippen molar-refractivity contribution < 1.29 is 14.6 Å². The van der Waals surface area contributed by atoms with Gasteiger partial charge in [0.1, 0.15) is 0 Å². The highest BCUT2D eigenvalue weighted by Crippen LogP contribution is 2.16. The molecule has 94 valence electrons. The van der Waals surface area contributed by atoms with Crippen molar-refractivity contribution in [3.63, 3.8) is 0 Å². The monoisotopic (exact) mass is 257 g/mol. The summed E-state index contributed by atoms with van der Waals surface area (Å²) >= 11 is 5.72. The van der Waals surface area contributed by atoms with E-state index in [4.69, 9.17) is 16.3 Å². The number of rotatable bonds is 6. The number of amides is 1. The summed E-state index contributed by atoms with van der Waals surface area (Å²) in [6, 6.07) is 6.53. The first-order chi connectivity index (χ1) is 8.15. The summed E-state index contributed by atoms with van der Waals surface area (Å²) in [4.78, 5) is 11.6. The predicted octanol–water partition coefficient (Wildman–Crippen LogP) is 1.53. The van der Waals surface area contributed by atoms with Crippen LogP contribution in [0.4, 0.5) is 0 Å². The molecule has 0 bridgehead atoms. The molecule has 0 heterocycles. The van der Waals surface area contributed by atoms with E-state index in [2.05, 4.69) is 5.32 Å². The molecule has 0 aliphatic rings. The standard InChI is InChI=1S/C12H16ClNO3/c1-17-8-2-7-14-12(16)11(15)9-3-5-10(13)6-4-9/h3-6,11,15H,2,7-8H2,1H3,(H,14,16). The number of benzene rings is 1. The van der Waals surface area contributed by atoms with Gasteiger partial charge in [-0.1, -0.05) is 23.7 Å². The Balaban J connectivity index is 2.43. The van der Waals surface area contributed by atoms with E-state index < -0.39 is 12.0 Å². The van der Waals surface area contributed by atoms with Crippen LogP contribution in [-0.2, 0) is 9.53 Å². The van der Waals surface area contributed by atoms with Gasteiger partial charge in [-0.15, -0.1) is 0 Å². The van der Waals surface area contributed by atoms with Gasteiger partial charge < -0.3 is 15.2 Å². The Morgan fingerprint density at radius 1 is 1.47 bits per heavy atom. The van der Waals surface area contributed by atoms with Gasteiger partial charge in [-0.3, -0.25) is 4.79 Å². The molecule has 1 aromatic carbocycles. The first-order valence-electron chi connectivity index (χ1n) is 5.35. The average Bonchev–Trinajstić information content (AvgIpc) is 2.34. The summed E-state index contributed by atoms with van der Waals surface area (Å²) in [6.45, 7) is 1.06. The lowest BCUT2D eigenvalue weighted by atomic mass is 10.1. The van der Waals surface area contributed by atoms with Crippen LogP contribution in [0.25, 0.3) is 0 Å². The molecule has 0 aromatic heterocycles. The number of nitrogens with one attached hydrogen (secondary N) is 1. The second kappa shape index (κ2) is 7.27. The highest BCUT2D eigenvalue weighted by molar-refractivity contribution is 6.30. The Labute approximate surface area is 106 Å². The van der Waals surface area contributed by atoms with Crippen LogP contribution in [0.1, 0.15) is 18.1 Å². The van der Waals surface area contributed by atoms with Crippen LogP contribution in [0, 0.1) is 0 Å². The number of aliphatic hydroxyl groups is 1. The topological polar surface area (TPSA) is 58.6 Å². The number of ether oxygens (including phenoxy) is 1. The van der Waals surface area contributed by atoms with Crippen LogP contribution in [0.2, 0.25) is 5.02 Å². The van der Waals surface area contributed by atoms with E-state index in [0.29, 0.717) is 23.7 Å². The summed E-state index contributed by atoms with van der Waals surface area (Å²) in [7, 11) is 1.60. The normalized spacial score (nSPS) is 12.2. The maximum Gasteiger partial charge on any atom is 0.253 e. The van der Waals surface area contributed by atoms with Crippen molar-refractivity contribution in [2.45, 2.75) is 12.5 Å². The largest absolute Gasteiger partial charge is 0.385 e. The molecule has 1 amide bonds. The molecule has 1 rings (SSSR count). The second-order valence-corrected chi connectivity index (χ2v) is 4.03. The molecule has 0 radical (unpaired) electrons. The third-order valence-electron chi connectivity index (χ3n) is 2.26. The molecule has 5 heteroatoms. The van der Waals surface area contributed by atoms with Crippen LogP contribution < -0.4 is 5.32 Å². The third-order valence-corrected chi connectivity index (χ3v) is 2.51. The Morgan fingerprint density at radius 3 is 2.71 bits per heavy atom. The number of carbonyl (C=O) groups is 1. The minimum absolute atomic E-state index is 0.413. The highest BCUT2D eigenvalue weighted by Gasteiger charge is 2.16. The zero-order valence-electron chi connectivity index (χ0n) is 9.65. The van der Waals surface area contributed by atoms with Crippen LogP contribution in [0.15, 0.2) is 24.3 Å². The van der Waals surface area contributed by atoms with Gasteiger partial charge in [0.15, 0.2) is 6.10 Å². The van der Waals surface area contributed by atoms with Crippen LogP contribution in [0.3, 0.4) is 0 Å². The van der Waals surface area contributed by atoms with Gasteiger partial charge in [0.25, 0.3) is 5.91 Å². The Bertz CT molecular complexity index is 353. The SMILES string of the molecule is COCCCNC(=O)C(O)c1ccc(Cl)cc1. The molecular weight excluding hydrogens is 242 g/mol. The van der Waals surface area contributed by atoms with Crippen LogP contribution in [0.5, 0.6) is 0 Å². The summed E-state index contributed by atoms with van der Waals surface area (Å²) in [5.41, 5.74) is 0.527. The van der Waals surface area contributed by atoms with Crippen molar-refractivity contribution >= 4 is 17.5 Å². The molecule has 1 unspecified atom stereocenters. The smallest absolute Gasteiger partial charge is 0.253 e. The van der Waals surface area contributed by atoms with Crippen LogP contribution in [-0.4, -0.2) is 31.3 Å². The maximum absolute atomic E-state index is 11.6. The van der Waals surface area contributed by atoms with Crippen molar-refractivity contribution in [2.24, 2.45) is 0 Å². The van der Waals surface area contributed by atoms with E-state index in [9.17, 15) is 9.90 Å². The van der Waals surface area contributed by atoms with Crippen LogP contribution >= 0.6 is 11.6 Å². The minimum Gasteiger partial charge on any atom is -0.385 e. The fourth-order valence-corrected chi connectivity index (χ4v) is 1.45. The molecule has 0 aliphatic heterocycles. The predicted molar refractivity (Wildman–Crippen MR) is 65.9 cm³/mol. The lowest BCUT2D eigenvalue weighted by Gasteiger charge is -2.11. The van der Waals surface area contributed by atoms with Gasteiger partial charge in [0, 0.05) is 25.3 Å². The quantitative estimate of drug-likeness (QED) is 0.760. The molecule has 2 N–H and O–H groups in total. The van der Waals surface area contributed by atoms with Gasteiger partial charge in [0.05, 0.1) is 0 Å². The number of hydrogen-bond donors (Lipinski definition) is 2. The third kappa shape index (κ3) is 4.73. The zero-order valence-corrected chi connectivity index (χ0v) is 10.4. The molecule has 0 spiro atoms. The molecule has 0 aliphatic carbocycles. The van der Waals surface area contributed by atoms with E-state index in [1.165, 1.54) is 0 Å². The summed E-state index contributed by atoms with van der Waals surface area (Å²) < 4.78 is 4.85. The molecule has 1 atom stereocenters. The van der Waals surface area contributed by atoms with E-state index in [-0.39, 0.29) is 0 Å². The van der Waals surface area contributed by atoms with Gasteiger partial charge in [0.2, 0.25) is 0 Å². The van der Waals surface area contributed by atoms with E-state index in [1.54, 1.807) is 31.4 Å². The number of methoxy groups -OCH3 is 1. The molecule has 1 aromatic rings. The Morgan fingerprint density at radius 2 is 2.12 bits per heavy atom. The van der Waals surface area contributed by atoms with Crippen molar-refractivity contribution in [1.29, 1.82) is 0 Å². The van der Waals surface area contributed by atoms with Gasteiger partial charge >= 0.3 is 0 Å². The van der Waals surface area contributed by atoms with Gasteiger partial charge in [-0.2, -0.15) is 0 Å². The van der Waals surface area contributed by atoms with Crippen molar-refractivity contribution in [1.82, 2.24) is 5.32 Å². The number of aliphatic hydroxyl groups excluding tert-OH is 1. The molecule has 4 nitrogen and oxygen atoms in total. The van der Waals surface area contributed by atoms with Crippen molar-refractivity contribution in [2.75, 3.05) is 20.3 Å². The minimum atomic E-state index is -1.16. The van der Waals surface area contributed by atoms with E-state index in [1.807, 2.05) is 0 Å².